The number of methoxy groups -OCH3 is 1. The molecule has 7 heteroatoms. The Labute approximate surface area is 206 Å². The molecule has 0 bridgehead atoms. The molecule has 1 heterocycles. The highest BCUT2D eigenvalue weighted by Gasteiger charge is 2.32. The van der Waals surface area contributed by atoms with E-state index in [4.69, 9.17) is 9.72 Å². The first-order valence-electron chi connectivity index (χ1n) is 12.5. The predicted octanol–water partition coefficient (Wildman–Crippen LogP) is 5.67. The van der Waals surface area contributed by atoms with Crippen molar-refractivity contribution in [1.29, 1.82) is 0 Å². The van der Waals surface area contributed by atoms with Gasteiger partial charge in [0.2, 0.25) is 5.91 Å². The number of halogens is 1. The lowest BCUT2D eigenvalue weighted by Crippen LogP contribution is -2.43. The molecule has 2 unspecified atom stereocenters. The van der Waals surface area contributed by atoms with Crippen molar-refractivity contribution >= 4 is 16.8 Å². The van der Waals surface area contributed by atoms with E-state index >= 15 is 0 Å². The molecular weight excluding hydrogens is 445 g/mol. The van der Waals surface area contributed by atoms with Crippen LogP contribution in [0.15, 0.2) is 53.3 Å². The van der Waals surface area contributed by atoms with Crippen LogP contribution in [0.25, 0.3) is 16.6 Å². The Morgan fingerprint density at radius 2 is 1.80 bits per heavy atom. The van der Waals surface area contributed by atoms with Crippen molar-refractivity contribution in [3.8, 4) is 5.69 Å². The van der Waals surface area contributed by atoms with Gasteiger partial charge in [0.1, 0.15) is 11.6 Å². The van der Waals surface area contributed by atoms with Gasteiger partial charge in [-0.3, -0.25) is 14.2 Å². The van der Waals surface area contributed by atoms with Crippen LogP contribution in [0.5, 0.6) is 0 Å². The summed E-state index contributed by atoms with van der Waals surface area (Å²) in [6.45, 7) is 6.91. The number of rotatable bonds is 12. The van der Waals surface area contributed by atoms with E-state index in [1.54, 1.807) is 37.4 Å². The molecule has 3 aromatic rings. The topological polar surface area (TPSA) is 64.4 Å². The first-order valence-corrected chi connectivity index (χ1v) is 12.5. The van der Waals surface area contributed by atoms with E-state index in [0.29, 0.717) is 42.0 Å². The van der Waals surface area contributed by atoms with Gasteiger partial charge in [-0.15, -0.1) is 0 Å². The SMILES string of the molecule is CCCCC(CC)C(=O)N(CCOC)C(CC)c1nc2ccccc2c(=O)n1-c1ccc(F)cc1. The summed E-state index contributed by atoms with van der Waals surface area (Å²) in [5, 5.41) is 0.472. The molecule has 0 fully saturated rings. The molecule has 0 aliphatic rings. The Kier molecular flexibility index (Phi) is 9.55. The molecule has 0 saturated carbocycles. The minimum atomic E-state index is -0.448. The van der Waals surface area contributed by atoms with Gasteiger partial charge in [-0.2, -0.15) is 0 Å². The molecule has 35 heavy (non-hydrogen) atoms. The minimum Gasteiger partial charge on any atom is -0.383 e. The molecule has 6 nitrogen and oxygen atoms in total. The van der Waals surface area contributed by atoms with Crippen LogP contribution < -0.4 is 5.56 Å². The largest absolute Gasteiger partial charge is 0.383 e. The normalized spacial score (nSPS) is 13.1. The summed E-state index contributed by atoms with van der Waals surface area (Å²) in [5.74, 6) is 0.0329. The number of unbranched alkanes of at least 4 members (excludes halogenated alkanes) is 1. The van der Waals surface area contributed by atoms with Crippen molar-refractivity contribution in [1.82, 2.24) is 14.5 Å². The van der Waals surface area contributed by atoms with Crippen molar-refractivity contribution in [3.05, 3.63) is 70.5 Å². The summed E-state index contributed by atoms with van der Waals surface area (Å²) < 4.78 is 20.6. The molecule has 1 amide bonds. The number of benzene rings is 2. The van der Waals surface area contributed by atoms with Crippen molar-refractivity contribution in [2.45, 2.75) is 58.9 Å². The first-order chi connectivity index (χ1) is 17.0. The van der Waals surface area contributed by atoms with E-state index in [9.17, 15) is 14.0 Å². The summed E-state index contributed by atoms with van der Waals surface area (Å²) in [6, 6.07) is 12.5. The molecular formula is C28H36FN3O3. The van der Waals surface area contributed by atoms with Crippen LogP contribution in [-0.2, 0) is 9.53 Å². The maximum Gasteiger partial charge on any atom is 0.266 e. The average molecular weight is 482 g/mol. The summed E-state index contributed by atoms with van der Waals surface area (Å²) in [6.07, 6.45) is 4.13. The van der Waals surface area contributed by atoms with Crippen molar-refractivity contribution < 1.29 is 13.9 Å². The second kappa shape index (κ2) is 12.6. The molecule has 1 aromatic heterocycles. The number of aromatic nitrogens is 2. The highest BCUT2D eigenvalue weighted by Crippen LogP contribution is 2.29. The molecule has 0 radical (unpaired) electrons. The predicted molar refractivity (Wildman–Crippen MR) is 137 cm³/mol. The Morgan fingerprint density at radius 3 is 2.43 bits per heavy atom. The lowest BCUT2D eigenvalue weighted by Gasteiger charge is -2.34. The molecule has 0 spiro atoms. The van der Waals surface area contributed by atoms with E-state index in [1.807, 2.05) is 24.8 Å². The van der Waals surface area contributed by atoms with Crippen LogP contribution in [0.1, 0.15) is 64.7 Å². The zero-order valence-electron chi connectivity index (χ0n) is 21.2. The smallest absolute Gasteiger partial charge is 0.266 e. The average Bonchev–Trinajstić information content (AvgIpc) is 2.87. The van der Waals surface area contributed by atoms with E-state index < -0.39 is 6.04 Å². The fourth-order valence-corrected chi connectivity index (χ4v) is 4.55. The van der Waals surface area contributed by atoms with E-state index in [-0.39, 0.29) is 23.2 Å². The maximum absolute atomic E-state index is 13.8. The molecule has 0 aliphatic carbocycles. The van der Waals surface area contributed by atoms with Crippen molar-refractivity contribution in [3.63, 3.8) is 0 Å². The lowest BCUT2D eigenvalue weighted by molar-refractivity contribution is -0.139. The number of amides is 1. The van der Waals surface area contributed by atoms with Crippen LogP contribution in [0.2, 0.25) is 0 Å². The summed E-state index contributed by atoms with van der Waals surface area (Å²) in [4.78, 5) is 34.2. The van der Waals surface area contributed by atoms with Crippen LogP contribution in [0.3, 0.4) is 0 Å². The third kappa shape index (κ3) is 5.96. The van der Waals surface area contributed by atoms with Gasteiger partial charge in [0, 0.05) is 19.6 Å². The van der Waals surface area contributed by atoms with E-state index in [1.165, 1.54) is 16.7 Å². The van der Waals surface area contributed by atoms with Gasteiger partial charge >= 0.3 is 0 Å². The third-order valence-electron chi connectivity index (χ3n) is 6.52. The van der Waals surface area contributed by atoms with Crippen molar-refractivity contribution in [2.75, 3.05) is 20.3 Å². The van der Waals surface area contributed by atoms with Gasteiger partial charge in [0.05, 0.1) is 29.2 Å². The molecule has 3 rings (SSSR count). The summed E-state index contributed by atoms with van der Waals surface area (Å²) in [5.41, 5.74) is 0.842. The molecule has 0 N–H and O–H groups in total. The standard InChI is InChI=1S/C28H36FN3O3/c1-5-8-11-20(6-2)27(33)31(18-19-35-4)25(7-3)26-30-24-13-10-9-12-23(24)28(34)32(26)22-16-14-21(29)15-17-22/h9-10,12-17,20,25H,5-8,11,18-19H2,1-4H3. The fraction of sp³-hybridized carbons (Fsp3) is 0.464. The monoisotopic (exact) mass is 481 g/mol. The molecule has 2 aromatic carbocycles. The minimum absolute atomic E-state index is 0.0536. The molecule has 188 valence electrons. The number of carbonyl (C=O) groups is 1. The van der Waals surface area contributed by atoms with Crippen LogP contribution >= 0.6 is 0 Å². The second-order valence-electron chi connectivity index (χ2n) is 8.80. The van der Waals surface area contributed by atoms with Crippen molar-refractivity contribution in [2.24, 2.45) is 5.92 Å². The Balaban J connectivity index is 2.21. The third-order valence-corrected chi connectivity index (χ3v) is 6.52. The van der Waals surface area contributed by atoms with Gasteiger partial charge in [-0.05, 0) is 55.7 Å². The lowest BCUT2D eigenvalue weighted by atomic mass is 9.96. The number of fused-ring (bicyclic) bond motifs is 1. The zero-order valence-corrected chi connectivity index (χ0v) is 21.2. The summed E-state index contributed by atoms with van der Waals surface area (Å²) in [7, 11) is 1.61. The number of ether oxygens (including phenoxy) is 1. The Hall–Kier alpha value is -3.06. The first kappa shape index (κ1) is 26.5. The highest BCUT2D eigenvalue weighted by atomic mass is 19.1. The maximum atomic E-state index is 13.8. The fourth-order valence-electron chi connectivity index (χ4n) is 4.55. The number of carbonyl (C=O) groups excluding carboxylic acids is 1. The van der Waals surface area contributed by atoms with E-state index in [2.05, 4.69) is 6.92 Å². The van der Waals surface area contributed by atoms with Gasteiger partial charge in [0.25, 0.3) is 5.56 Å². The Bertz CT molecular complexity index is 1180. The number of hydrogen-bond acceptors (Lipinski definition) is 4. The highest BCUT2D eigenvalue weighted by molar-refractivity contribution is 5.80. The second-order valence-corrected chi connectivity index (χ2v) is 8.80. The summed E-state index contributed by atoms with van der Waals surface area (Å²) >= 11 is 0. The van der Waals surface area contributed by atoms with Gasteiger partial charge < -0.3 is 9.64 Å². The molecule has 2 atom stereocenters. The van der Waals surface area contributed by atoms with Crippen LogP contribution in [0.4, 0.5) is 4.39 Å². The van der Waals surface area contributed by atoms with Gasteiger partial charge in [-0.25, -0.2) is 9.37 Å². The molecule has 0 saturated heterocycles. The number of nitrogens with zero attached hydrogens (tertiary/aromatic N) is 3. The number of para-hydroxylation sites is 1. The quantitative estimate of drug-likeness (QED) is 0.334. The van der Waals surface area contributed by atoms with Crippen LogP contribution in [0, 0.1) is 11.7 Å². The van der Waals surface area contributed by atoms with E-state index in [0.717, 1.165) is 25.7 Å². The van der Waals surface area contributed by atoms with Gasteiger partial charge in [-0.1, -0.05) is 45.7 Å². The van der Waals surface area contributed by atoms with Crippen LogP contribution in [-0.4, -0.2) is 40.6 Å². The number of hydrogen-bond donors (Lipinski definition) is 0. The zero-order chi connectivity index (χ0) is 25.4. The van der Waals surface area contributed by atoms with Gasteiger partial charge in [0.15, 0.2) is 0 Å². The molecule has 0 aliphatic heterocycles. The Morgan fingerprint density at radius 1 is 1.09 bits per heavy atom.